The van der Waals surface area contributed by atoms with Crippen LogP contribution >= 0.6 is 0 Å². The number of hydrogen-bond donors (Lipinski definition) is 2. The summed E-state index contributed by atoms with van der Waals surface area (Å²) >= 11 is 0. The monoisotopic (exact) mass is 228 g/mol. The molecule has 90 valence electrons. The van der Waals surface area contributed by atoms with E-state index in [9.17, 15) is 0 Å². The van der Waals surface area contributed by atoms with Crippen LogP contribution in [0.3, 0.4) is 0 Å². The molecule has 1 aliphatic carbocycles. The molecule has 1 unspecified atom stereocenters. The Morgan fingerprint density at radius 2 is 2.24 bits per heavy atom. The van der Waals surface area contributed by atoms with Gasteiger partial charge in [-0.15, -0.1) is 0 Å². The Balaban J connectivity index is 1.65. The second kappa shape index (κ2) is 4.53. The molecule has 0 saturated heterocycles. The summed E-state index contributed by atoms with van der Waals surface area (Å²) < 4.78 is 0. The molecule has 0 spiro atoms. The highest BCUT2D eigenvalue weighted by atomic mass is 14.9. The van der Waals surface area contributed by atoms with E-state index in [-0.39, 0.29) is 0 Å². The smallest absolute Gasteiger partial charge is 0.0499 e. The molecule has 1 aliphatic rings. The van der Waals surface area contributed by atoms with Crippen LogP contribution in [0.5, 0.6) is 0 Å². The second-order valence-corrected chi connectivity index (χ2v) is 5.32. The average Bonchev–Trinajstić information content (AvgIpc) is 3.00. The normalized spacial score (nSPS) is 17.5. The molecule has 1 heterocycles. The van der Waals surface area contributed by atoms with E-state index in [1.54, 1.807) is 0 Å². The summed E-state index contributed by atoms with van der Waals surface area (Å²) in [5.41, 5.74) is 2.65. The molecule has 17 heavy (non-hydrogen) atoms. The van der Waals surface area contributed by atoms with Gasteiger partial charge >= 0.3 is 0 Å². The van der Waals surface area contributed by atoms with Gasteiger partial charge in [-0.25, -0.2) is 0 Å². The minimum absolute atomic E-state index is 0.632. The lowest BCUT2D eigenvalue weighted by Gasteiger charge is -2.13. The third-order valence-corrected chi connectivity index (χ3v) is 3.70. The molecule has 2 nitrogen and oxygen atoms in total. The Labute approximate surface area is 102 Å². The van der Waals surface area contributed by atoms with Gasteiger partial charge < -0.3 is 10.3 Å². The van der Waals surface area contributed by atoms with Crippen LogP contribution in [0.1, 0.15) is 31.7 Å². The number of nitrogens with one attached hydrogen (secondary N) is 2. The van der Waals surface area contributed by atoms with Gasteiger partial charge in [0.15, 0.2) is 0 Å². The lowest BCUT2D eigenvalue weighted by Crippen LogP contribution is -2.25. The van der Waals surface area contributed by atoms with Gasteiger partial charge in [-0.05, 0) is 36.3 Å². The van der Waals surface area contributed by atoms with E-state index in [4.69, 9.17) is 0 Å². The molecule has 0 amide bonds. The van der Waals surface area contributed by atoms with Gasteiger partial charge in [0.1, 0.15) is 0 Å². The molecule has 2 aromatic rings. The first-order valence-electron chi connectivity index (χ1n) is 6.61. The van der Waals surface area contributed by atoms with Crippen LogP contribution in [0.4, 0.5) is 0 Å². The van der Waals surface area contributed by atoms with Crippen molar-refractivity contribution >= 4 is 10.9 Å². The van der Waals surface area contributed by atoms with Gasteiger partial charge in [-0.1, -0.05) is 31.0 Å². The molecular weight excluding hydrogens is 208 g/mol. The van der Waals surface area contributed by atoms with Crippen LogP contribution in [0, 0.1) is 5.92 Å². The van der Waals surface area contributed by atoms with Crippen LogP contribution in [0.25, 0.3) is 10.9 Å². The van der Waals surface area contributed by atoms with Gasteiger partial charge in [-0.3, -0.25) is 0 Å². The molecule has 1 aromatic carbocycles. The Morgan fingerprint density at radius 3 is 3.06 bits per heavy atom. The summed E-state index contributed by atoms with van der Waals surface area (Å²) in [6.45, 7) is 3.26. The number of hydrogen-bond acceptors (Lipinski definition) is 1. The highest BCUT2D eigenvalue weighted by molar-refractivity contribution is 5.82. The summed E-state index contributed by atoms with van der Waals surface area (Å²) in [5, 5.41) is 4.94. The zero-order chi connectivity index (χ0) is 11.7. The Morgan fingerprint density at radius 1 is 1.35 bits per heavy atom. The predicted molar refractivity (Wildman–Crippen MR) is 71.9 cm³/mol. The molecule has 2 heteroatoms. The fourth-order valence-electron chi connectivity index (χ4n) is 2.52. The van der Waals surface area contributed by atoms with Gasteiger partial charge in [0.2, 0.25) is 0 Å². The topological polar surface area (TPSA) is 27.8 Å². The molecule has 1 aromatic heterocycles. The van der Waals surface area contributed by atoms with E-state index >= 15 is 0 Å². The number of aromatic nitrogens is 1. The molecule has 1 atom stereocenters. The number of H-pyrrole nitrogens is 1. The van der Waals surface area contributed by atoms with Gasteiger partial charge in [0.05, 0.1) is 0 Å². The van der Waals surface area contributed by atoms with Crippen LogP contribution in [0.15, 0.2) is 30.5 Å². The number of fused-ring (bicyclic) bond motifs is 1. The highest BCUT2D eigenvalue weighted by Gasteiger charge is 2.23. The van der Waals surface area contributed by atoms with Gasteiger partial charge in [0.25, 0.3) is 0 Å². The fourth-order valence-corrected chi connectivity index (χ4v) is 2.52. The number of aromatic amines is 1. The largest absolute Gasteiger partial charge is 0.361 e. The van der Waals surface area contributed by atoms with Crippen molar-refractivity contribution in [2.75, 3.05) is 0 Å². The SMILES string of the molecule is CC(CC1CC1)NCc1cccc2cc[nH]c12. The van der Waals surface area contributed by atoms with E-state index in [0.29, 0.717) is 6.04 Å². The summed E-state index contributed by atoms with van der Waals surface area (Å²) in [4.78, 5) is 3.33. The van der Waals surface area contributed by atoms with Crippen molar-refractivity contribution in [1.82, 2.24) is 10.3 Å². The number of para-hydroxylation sites is 1. The Bertz CT molecular complexity index is 496. The van der Waals surface area contributed by atoms with Gasteiger partial charge in [0, 0.05) is 24.3 Å². The van der Waals surface area contributed by atoms with Crippen molar-refractivity contribution in [1.29, 1.82) is 0 Å². The second-order valence-electron chi connectivity index (χ2n) is 5.32. The summed E-state index contributed by atoms with van der Waals surface area (Å²) in [7, 11) is 0. The first-order valence-corrected chi connectivity index (χ1v) is 6.61. The first-order chi connectivity index (χ1) is 8.33. The third kappa shape index (κ3) is 2.52. The van der Waals surface area contributed by atoms with E-state index in [1.807, 2.05) is 6.20 Å². The highest BCUT2D eigenvalue weighted by Crippen LogP contribution is 2.33. The third-order valence-electron chi connectivity index (χ3n) is 3.70. The van der Waals surface area contributed by atoms with Crippen LogP contribution in [-0.2, 0) is 6.54 Å². The van der Waals surface area contributed by atoms with E-state index in [2.05, 4.69) is 41.5 Å². The Kier molecular flexibility index (Phi) is 2.89. The van der Waals surface area contributed by atoms with Crippen LogP contribution < -0.4 is 5.32 Å². The molecule has 3 rings (SSSR count). The molecule has 2 N–H and O–H groups in total. The van der Waals surface area contributed by atoms with Crippen LogP contribution in [0.2, 0.25) is 0 Å². The quantitative estimate of drug-likeness (QED) is 0.806. The predicted octanol–water partition coefficient (Wildman–Crippen LogP) is 3.45. The lowest BCUT2D eigenvalue weighted by molar-refractivity contribution is 0.488. The van der Waals surface area contributed by atoms with Crippen molar-refractivity contribution in [3.8, 4) is 0 Å². The van der Waals surface area contributed by atoms with Crippen molar-refractivity contribution in [2.24, 2.45) is 5.92 Å². The summed E-state index contributed by atoms with van der Waals surface area (Å²) in [5.74, 6) is 0.999. The number of rotatable bonds is 5. The van der Waals surface area contributed by atoms with Crippen molar-refractivity contribution < 1.29 is 0 Å². The minimum atomic E-state index is 0.632. The van der Waals surface area contributed by atoms with Crippen molar-refractivity contribution in [3.05, 3.63) is 36.0 Å². The lowest BCUT2D eigenvalue weighted by atomic mass is 10.1. The first kappa shape index (κ1) is 10.8. The number of benzene rings is 1. The molecule has 1 fully saturated rings. The molecule has 0 aliphatic heterocycles. The average molecular weight is 228 g/mol. The fraction of sp³-hybridized carbons (Fsp3) is 0.467. The maximum atomic E-state index is 3.63. The van der Waals surface area contributed by atoms with E-state index in [0.717, 1.165) is 12.5 Å². The molecular formula is C15H20N2. The maximum absolute atomic E-state index is 3.63. The zero-order valence-electron chi connectivity index (χ0n) is 10.4. The molecule has 0 radical (unpaired) electrons. The zero-order valence-corrected chi connectivity index (χ0v) is 10.4. The Hall–Kier alpha value is -1.28. The van der Waals surface area contributed by atoms with Crippen molar-refractivity contribution in [3.63, 3.8) is 0 Å². The van der Waals surface area contributed by atoms with Crippen molar-refractivity contribution in [2.45, 2.75) is 38.8 Å². The summed E-state index contributed by atoms with van der Waals surface area (Å²) in [6.07, 6.45) is 6.24. The summed E-state index contributed by atoms with van der Waals surface area (Å²) in [6, 6.07) is 9.26. The van der Waals surface area contributed by atoms with E-state index in [1.165, 1.54) is 35.7 Å². The van der Waals surface area contributed by atoms with Gasteiger partial charge in [-0.2, -0.15) is 0 Å². The standard InChI is InChI=1S/C15H20N2/c1-11(9-12-5-6-12)17-10-14-4-2-3-13-7-8-16-15(13)14/h2-4,7-8,11-12,16-17H,5-6,9-10H2,1H3. The molecule has 1 saturated carbocycles. The van der Waals surface area contributed by atoms with Crippen LogP contribution in [-0.4, -0.2) is 11.0 Å². The molecule has 0 bridgehead atoms. The maximum Gasteiger partial charge on any atom is 0.0499 e. The minimum Gasteiger partial charge on any atom is -0.361 e. The van der Waals surface area contributed by atoms with E-state index < -0.39 is 0 Å².